The molecule has 2 aliphatic rings. The zero-order valence-electron chi connectivity index (χ0n) is 13.0. The number of nitrogens with zero attached hydrogens (tertiary/aromatic N) is 2. The van der Waals surface area contributed by atoms with E-state index in [2.05, 4.69) is 11.8 Å². The minimum atomic E-state index is -3.05. The van der Waals surface area contributed by atoms with Crippen LogP contribution in [0.15, 0.2) is 0 Å². The molecule has 1 atom stereocenters. The summed E-state index contributed by atoms with van der Waals surface area (Å²) in [4.78, 5) is 3.07. The summed E-state index contributed by atoms with van der Waals surface area (Å²) in [5, 5.41) is 0. The number of rotatable bonds is 4. The van der Waals surface area contributed by atoms with Gasteiger partial charge in [-0.2, -0.15) is 0 Å². The molecular weight excluding hydrogens is 306 g/mol. The van der Waals surface area contributed by atoms with Crippen LogP contribution in [-0.4, -0.2) is 61.6 Å². The maximum absolute atomic E-state index is 11.7. The van der Waals surface area contributed by atoms with Crippen molar-refractivity contribution >= 4 is 27.2 Å². The highest BCUT2D eigenvalue weighted by atomic mass is 32.2. The Labute approximate surface area is 133 Å². The third-order valence-electron chi connectivity index (χ3n) is 5.02. The first-order chi connectivity index (χ1) is 9.71. The molecule has 2 heterocycles. The monoisotopic (exact) mass is 333 g/mol. The smallest absolute Gasteiger partial charge is 0.211 e. The molecule has 21 heavy (non-hydrogen) atoms. The van der Waals surface area contributed by atoms with Crippen LogP contribution in [0.3, 0.4) is 0 Å². The van der Waals surface area contributed by atoms with Gasteiger partial charge in [-0.3, -0.25) is 0 Å². The van der Waals surface area contributed by atoms with Gasteiger partial charge >= 0.3 is 0 Å². The highest BCUT2D eigenvalue weighted by molar-refractivity contribution is 7.88. The van der Waals surface area contributed by atoms with Gasteiger partial charge in [-0.15, -0.1) is 0 Å². The van der Waals surface area contributed by atoms with E-state index in [0.717, 1.165) is 45.3 Å². The Balaban J connectivity index is 1.85. The van der Waals surface area contributed by atoms with Crippen LogP contribution in [0, 0.1) is 11.3 Å². The summed E-state index contributed by atoms with van der Waals surface area (Å²) in [5.74, 6) is 0.447. The number of nitrogens with two attached hydrogens (primary N) is 1. The zero-order valence-corrected chi connectivity index (χ0v) is 14.7. The fourth-order valence-electron chi connectivity index (χ4n) is 3.32. The molecule has 0 amide bonds. The molecule has 0 bridgehead atoms. The van der Waals surface area contributed by atoms with Gasteiger partial charge in [-0.1, -0.05) is 19.1 Å². The van der Waals surface area contributed by atoms with Gasteiger partial charge in [0.05, 0.1) is 11.2 Å². The molecule has 0 aliphatic carbocycles. The fraction of sp³-hybridized carbons (Fsp3) is 0.929. The molecule has 0 radical (unpaired) electrons. The lowest BCUT2D eigenvalue weighted by atomic mass is 9.80. The first-order valence-corrected chi connectivity index (χ1v) is 9.94. The van der Waals surface area contributed by atoms with E-state index in [1.165, 1.54) is 6.26 Å². The largest absolute Gasteiger partial charge is 0.393 e. The molecule has 0 spiro atoms. The average Bonchev–Trinajstić information content (AvgIpc) is 2.41. The van der Waals surface area contributed by atoms with Gasteiger partial charge in [0.15, 0.2) is 0 Å². The number of hydrogen-bond donors (Lipinski definition) is 1. The maximum atomic E-state index is 11.7. The van der Waals surface area contributed by atoms with Crippen LogP contribution in [0.1, 0.15) is 32.6 Å². The van der Waals surface area contributed by atoms with E-state index in [0.29, 0.717) is 24.0 Å². The average molecular weight is 334 g/mol. The van der Waals surface area contributed by atoms with Crippen LogP contribution in [0.25, 0.3) is 0 Å². The van der Waals surface area contributed by atoms with E-state index in [-0.39, 0.29) is 5.41 Å². The van der Waals surface area contributed by atoms with Gasteiger partial charge in [0.2, 0.25) is 10.0 Å². The highest BCUT2D eigenvalue weighted by Crippen LogP contribution is 2.32. The lowest BCUT2D eigenvalue weighted by molar-refractivity contribution is 0.124. The third-order valence-corrected chi connectivity index (χ3v) is 6.78. The van der Waals surface area contributed by atoms with Crippen molar-refractivity contribution in [1.29, 1.82) is 0 Å². The molecule has 1 unspecified atom stereocenters. The second-order valence-corrected chi connectivity index (χ2v) is 9.28. The first kappa shape index (κ1) is 17.1. The van der Waals surface area contributed by atoms with E-state index in [9.17, 15) is 8.42 Å². The van der Waals surface area contributed by atoms with Crippen molar-refractivity contribution in [2.45, 2.75) is 32.6 Å². The topological polar surface area (TPSA) is 66.6 Å². The van der Waals surface area contributed by atoms with Crippen molar-refractivity contribution in [3.63, 3.8) is 0 Å². The van der Waals surface area contributed by atoms with Gasteiger partial charge in [0.1, 0.15) is 0 Å². The number of sulfonamides is 1. The summed E-state index contributed by atoms with van der Waals surface area (Å²) < 4.78 is 25.0. The fourth-order valence-corrected chi connectivity index (χ4v) is 4.46. The van der Waals surface area contributed by atoms with Crippen molar-refractivity contribution in [2.24, 2.45) is 17.1 Å². The minimum absolute atomic E-state index is 0.00279. The number of hydrogen-bond acceptors (Lipinski definition) is 4. The number of thiocarbonyl (C=S) groups is 1. The van der Waals surface area contributed by atoms with Crippen LogP contribution < -0.4 is 5.73 Å². The lowest BCUT2D eigenvalue weighted by Crippen LogP contribution is -2.48. The van der Waals surface area contributed by atoms with Crippen LogP contribution in [0.5, 0.6) is 0 Å². The van der Waals surface area contributed by atoms with E-state index in [1.807, 2.05) is 0 Å². The van der Waals surface area contributed by atoms with Crippen molar-refractivity contribution in [3.8, 4) is 0 Å². The Morgan fingerprint density at radius 3 is 2.48 bits per heavy atom. The molecule has 5 nitrogen and oxygen atoms in total. The van der Waals surface area contributed by atoms with Crippen molar-refractivity contribution in [2.75, 3.05) is 39.0 Å². The SMILES string of the molecule is CC1(C(N)=S)CCN(CC2CCCN(S(C)(=O)=O)C2)CC1. The summed E-state index contributed by atoms with van der Waals surface area (Å²) in [5.41, 5.74) is 5.83. The summed E-state index contributed by atoms with van der Waals surface area (Å²) in [6, 6.07) is 0. The summed E-state index contributed by atoms with van der Waals surface area (Å²) in [6.07, 6.45) is 5.41. The van der Waals surface area contributed by atoms with Crippen molar-refractivity contribution in [3.05, 3.63) is 0 Å². The van der Waals surface area contributed by atoms with Crippen LogP contribution in [-0.2, 0) is 10.0 Å². The highest BCUT2D eigenvalue weighted by Gasteiger charge is 2.34. The molecule has 2 aliphatic heterocycles. The molecule has 7 heteroatoms. The van der Waals surface area contributed by atoms with Crippen LogP contribution in [0.2, 0.25) is 0 Å². The number of likely N-dealkylation sites (tertiary alicyclic amines) is 1. The molecule has 2 rings (SSSR count). The van der Waals surface area contributed by atoms with E-state index in [4.69, 9.17) is 18.0 Å². The van der Waals surface area contributed by atoms with E-state index < -0.39 is 10.0 Å². The summed E-state index contributed by atoms with van der Waals surface area (Å²) in [6.45, 7) is 6.49. The maximum Gasteiger partial charge on any atom is 0.211 e. The van der Waals surface area contributed by atoms with Crippen molar-refractivity contribution < 1.29 is 8.42 Å². The van der Waals surface area contributed by atoms with Crippen molar-refractivity contribution in [1.82, 2.24) is 9.21 Å². The predicted octanol–water partition coefficient (Wildman–Crippen LogP) is 1.05. The Morgan fingerprint density at radius 1 is 1.33 bits per heavy atom. The Morgan fingerprint density at radius 2 is 1.95 bits per heavy atom. The Bertz CT molecular complexity index is 484. The molecule has 0 aromatic heterocycles. The second-order valence-electron chi connectivity index (χ2n) is 6.85. The minimum Gasteiger partial charge on any atom is -0.393 e. The summed E-state index contributed by atoms with van der Waals surface area (Å²) >= 11 is 5.17. The quantitative estimate of drug-likeness (QED) is 0.779. The Hall–Kier alpha value is -0.240. The predicted molar refractivity (Wildman–Crippen MR) is 89.7 cm³/mol. The molecule has 2 saturated heterocycles. The molecule has 0 aromatic carbocycles. The van der Waals surface area contributed by atoms with Gasteiger partial charge in [-0.25, -0.2) is 12.7 Å². The molecule has 122 valence electrons. The van der Waals surface area contributed by atoms with Gasteiger partial charge in [-0.05, 0) is 44.7 Å². The van der Waals surface area contributed by atoms with Gasteiger partial charge in [0, 0.05) is 25.0 Å². The van der Waals surface area contributed by atoms with E-state index >= 15 is 0 Å². The normalized spacial score (nSPS) is 28.4. The number of piperidine rings is 2. The standard InChI is InChI=1S/C14H27N3O2S2/c1-14(13(15)20)5-8-16(9-6-14)10-12-4-3-7-17(11-12)21(2,18)19/h12H,3-11H2,1-2H3,(H2,15,20). The van der Waals surface area contributed by atoms with Crippen LogP contribution in [0.4, 0.5) is 0 Å². The molecular formula is C14H27N3O2S2. The van der Waals surface area contributed by atoms with Gasteiger partial charge < -0.3 is 10.6 Å². The first-order valence-electron chi connectivity index (χ1n) is 7.68. The second kappa shape index (κ2) is 6.48. The summed E-state index contributed by atoms with van der Waals surface area (Å²) in [7, 11) is -3.05. The molecule has 2 N–H and O–H groups in total. The molecule has 0 aromatic rings. The van der Waals surface area contributed by atoms with E-state index in [1.54, 1.807) is 4.31 Å². The van der Waals surface area contributed by atoms with Crippen LogP contribution >= 0.6 is 12.2 Å². The Kier molecular flexibility index (Phi) is 5.28. The third kappa shape index (κ3) is 4.37. The van der Waals surface area contributed by atoms with Gasteiger partial charge in [0.25, 0.3) is 0 Å². The zero-order chi connectivity index (χ0) is 15.7. The lowest BCUT2D eigenvalue weighted by Gasteiger charge is -2.41. The molecule has 2 fully saturated rings. The molecule has 0 saturated carbocycles.